The summed E-state index contributed by atoms with van der Waals surface area (Å²) in [5.41, 5.74) is 0. The number of aromatic nitrogens is 1. The van der Waals surface area contributed by atoms with Crippen LogP contribution in [0.5, 0.6) is 0 Å². The molecule has 1 heterocycles. The third-order valence-corrected chi connectivity index (χ3v) is 3.18. The maximum absolute atomic E-state index is 12.2. The van der Waals surface area contributed by atoms with Gasteiger partial charge in [-0.1, -0.05) is 13.8 Å². The van der Waals surface area contributed by atoms with Gasteiger partial charge in [-0.2, -0.15) is 0 Å². The average molecular weight is 255 g/mol. The molecular weight excluding hydrogens is 238 g/mol. The molecule has 0 fully saturated rings. The summed E-state index contributed by atoms with van der Waals surface area (Å²) in [4.78, 5) is 28.8. The highest BCUT2D eigenvalue weighted by atomic mass is 32.1. The molecule has 94 valence electrons. The van der Waals surface area contributed by atoms with Gasteiger partial charge in [0, 0.05) is 25.5 Å². The molecule has 0 aromatic carbocycles. The zero-order valence-electron chi connectivity index (χ0n) is 10.4. The van der Waals surface area contributed by atoms with E-state index < -0.39 is 6.04 Å². The van der Waals surface area contributed by atoms with Crippen molar-refractivity contribution < 1.29 is 9.59 Å². The molecule has 0 saturated carbocycles. The van der Waals surface area contributed by atoms with Gasteiger partial charge in [-0.15, -0.1) is 11.3 Å². The molecule has 0 radical (unpaired) electrons. The number of hydrogen-bond donors (Lipinski definition) is 1. The Bertz CT molecular complexity index is 389. The van der Waals surface area contributed by atoms with Crippen LogP contribution in [0.2, 0.25) is 0 Å². The van der Waals surface area contributed by atoms with E-state index in [1.807, 2.05) is 19.2 Å². The lowest BCUT2D eigenvalue weighted by Crippen LogP contribution is -2.49. The Balaban J connectivity index is 2.81. The number of carbonyl (C=O) groups is 2. The minimum Gasteiger partial charge on any atom is -0.344 e. The number of likely N-dealkylation sites (N-methyl/N-ethyl adjacent to an activating group) is 1. The Kier molecular flexibility index (Phi) is 4.62. The van der Waals surface area contributed by atoms with E-state index in [4.69, 9.17) is 0 Å². The lowest BCUT2D eigenvalue weighted by Gasteiger charge is -2.25. The van der Waals surface area contributed by atoms with Crippen molar-refractivity contribution in [3.8, 4) is 0 Å². The van der Waals surface area contributed by atoms with E-state index >= 15 is 0 Å². The van der Waals surface area contributed by atoms with Crippen LogP contribution in [0.15, 0.2) is 11.6 Å². The molecule has 5 nitrogen and oxygen atoms in total. The minimum atomic E-state index is -0.513. The molecule has 6 heteroatoms. The molecule has 0 aliphatic carbocycles. The quantitative estimate of drug-likeness (QED) is 0.881. The Morgan fingerprint density at radius 2 is 2.12 bits per heavy atom. The van der Waals surface area contributed by atoms with Crippen LogP contribution in [0.25, 0.3) is 0 Å². The van der Waals surface area contributed by atoms with Crippen molar-refractivity contribution in [1.29, 1.82) is 0 Å². The summed E-state index contributed by atoms with van der Waals surface area (Å²) in [6.07, 6.45) is 1.65. The normalized spacial score (nSPS) is 12.3. The van der Waals surface area contributed by atoms with Crippen molar-refractivity contribution in [1.82, 2.24) is 10.3 Å². The Labute approximate surface area is 105 Å². The molecule has 1 N–H and O–H groups in total. The zero-order chi connectivity index (χ0) is 13.0. The van der Waals surface area contributed by atoms with Crippen LogP contribution in [0.1, 0.15) is 20.8 Å². The molecule has 0 spiro atoms. The maximum Gasteiger partial charge on any atom is 0.251 e. The lowest BCUT2D eigenvalue weighted by molar-refractivity contribution is -0.127. The second-order valence-corrected chi connectivity index (χ2v) is 5.01. The highest BCUT2D eigenvalue weighted by Crippen LogP contribution is 2.17. The molecule has 0 saturated heterocycles. The first-order valence-electron chi connectivity index (χ1n) is 5.37. The fraction of sp³-hybridized carbons (Fsp3) is 0.545. The van der Waals surface area contributed by atoms with E-state index in [-0.39, 0.29) is 17.7 Å². The number of amides is 2. The molecule has 0 unspecified atom stereocenters. The Hall–Kier alpha value is -1.43. The van der Waals surface area contributed by atoms with Gasteiger partial charge in [0.25, 0.3) is 5.91 Å². The highest BCUT2D eigenvalue weighted by molar-refractivity contribution is 7.13. The van der Waals surface area contributed by atoms with Crippen LogP contribution in [-0.4, -0.2) is 29.9 Å². The second-order valence-electron chi connectivity index (χ2n) is 4.13. The number of thiazole rings is 1. The van der Waals surface area contributed by atoms with Crippen molar-refractivity contribution in [2.45, 2.75) is 26.8 Å². The smallest absolute Gasteiger partial charge is 0.251 e. The number of rotatable bonds is 4. The van der Waals surface area contributed by atoms with Crippen LogP contribution in [0.4, 0.5) is 5.13 Å². The van der Waals surface area contributed by atoms with Gasteiger partial charge in [-0.05, 0) is 5.92 Å². The predicted molar refractivity (Wildman–Crippen MR) is 68.0 cm³/mol. The van der Waals surface area contributed by atoms with E-state index in [1.165, 1.54) is 23.2 Å². The molecule has 1 aromatic heterocycles. The van der Waals surface area contributed by atoms with E-state index in [0.29, 0.717) is 5.13 Å². The Morgan fingerprint density at radius 1 is 1.47 bits per heavy atom. The van der Waals surface area contributed by atoms with E-state index in [1.54, 1.807) is 13.2 Å². The van der Waals surface area contributed by atoms with Crippen molar-refractivity contribution in [2.24, 2.45) is 5.92 Å². The van der Waals surface area contributed by atoms with Gasteiger partial charge in [0.15, 0.2) is 5.13 Å². The molecule has 17 heavy (non-hydrogen) atoms. The molecule has 0 aliphatic rings. The molecule has 1 rings (SSSR count). The van der Waals surface area contributed by atoms with E-state index in [2.05, 4.69) is 10.3 Å². The van der Waals surface area contributed by atoms with Gasteiger partial charge in [-0.25, -0.2) is 4.98 Å². The molecular formula is C11H17N3O2S. The highest BCUT2D eigenvalue weighted by Gasteiger charge is 2.27. The van der Waals surface area contributed by atoms with Gasteiger partial charge in [-0.3, -0.25) is 14.5 Å². The van der Waals surface area contributed by atoms with Crippen LogP contribution in [0.3, 0.4) is 0 Å². The van der Waals surface area contributed by atoms with Crippen LogP contribution < -0.4 is 10.2 Å². The second kappa shape index (κ2) is 5.77. The zero-order valence-corrected chi connectivity index (χ0v) is 11.2. The number of hydrogen-bond acceptors (Lipinski definition) is 4. The van der Waals surface area contributed by atoms with Crippen molar-refractivity contribution in [3.05, 3.63) is 11.6 Å². The van der Waals surface area contributed by atoms with Gasteiger partial charge >= 0.3 is 0 Å². The monoisotopic (exact) mass is 255 g/mol. The number of anilines is 1. The van der Waals surface area contributed by atoms with Crippen molar-refractivity contribution in [2.75, 3.05) is 11.9 Å². The minimum absolute atomic E-state index is 0.0359. The topological polar surface area (TPSA) is 62.3 Å². The Morgan fingerprint density at radius 3 is 2.53 bits per heavy atom. The van der Waals surface area contributed by atoms with Crippen molar-refractivity contribution >= 4 is 28.3 Å². The van der Waals surface area contributed by atoms with Crippen LogP contribution in [0, 0.1) is 5.92 Å². The third kappa shape index (κ3) is 3.52. The summed E-state index contributed by atoms with van der Waals surface area (Å²) in [7, 11) is 1.67. The predicted octanol–water partition coefficient (Wildman–Crippen LogP) is 1.27. The first-order valence-corrected chi connectivity index (χ1v) is 6.25. The van der Waals surface area contributed by atoms with Crippen molar-refractivity contribution in [3.63, 3.8) is 0 Å². The van der Waals surface area contributed by atoms with Gasteiger partial charge in [0.05, 0.1) is 0 Å². The number of nitrogens with zero attached hydrogens (tertiary/aromatic N) is 2. The average Bonchev–Trinajstić information content (AvgIpc) is 2.76. The molecule has 1 aromatic rings. The largest absolute Gasteiger partial charge is 0.344 e. The van der Waals surface area contributed by atoms with Gasteiger partial charge in [0.2, 0.25) is 5.91 Å². The lowest BCUT2D eigenvalue weighted by atomic mass is 10.0. The first kappa shape index (κ1) is 13.6. The molecule has 0 aliphatic heterocycles. The fourth-order valence-electron chi connectivity index (χ4n) is 1.42. The maximum atomic E-state index is 12.2. The van der Waals surface area contributed by atoms with Gasteiger partial charge in [0.1, 0.15) is 6.04 Å². The third-order valence-electron chi connectivity index (χ3n) is 2.33. The summed E-state index contributed by atoms with van der Waals surface area (Å²) in [6, 6.07) is -0.513. The fourth-order valence-corrected chi connectivity index (χ4v) is 2.03. The first-order chi connectivity index (χ1) is 7.93. The molecule has 0 bridgehead atoms. The number of nitrogens with one attached hydrogen (secondary N) is 1. The van der Waals surface area contributed by atoms with Crippen LogP contribution >= 0.6 is 11.3 Å². The number of carbonyl (C=O) groups excluding carboxylic acids is 2. The molecule has 2 amide bonds. The SMILES string of the molecule is CC(=O)N[C@@H](C(=O)N(C)c1nccs1)C(C)C. The summed E-state index contributed by atoms with van der Waals surface area (Å²) in [5.74, 6) is -0.316. The van der Waals surface area contributed by atoms with Crippen LogP contribution in [-0.2, 0) is 9.59 Å². The van der Waals surface area contributed by atoms with E-state index in [0.717, 1.165) is 0 Å². The van der Waals surface area contributed by atoms with Gasteiger partial charge < -0.3 is 5.32 Å². The standard InChI is InChI=1S/C11H17N3O2S/c1-7(2)9(13-8(3)15)10(16)14(4)11-12-5-6-17-11/h5-7,9H,1-4H3,(H,13,15)/t9-/m1/s1. The molecule has 1 atom stereocenters. The summed E-state index contributed by atoms with van der Waals surface area (Å²) < 4.78 is 0. The summed E-state index contributed by atoms with van der Waals surface area (Å²) >= 11 is 1.39. The van der Waals surface area contributed by atoms with E-state index in [9.17, 15) is 9.59 Å². The summed E-state index contributed by atoms with van der Waals surface area (Å²) in [5, 5.41) is 5.11. The summed E-state index contributed by atoms with van der Waals surface area (Å²) in [6.45, 7) is 5.20.